The number of alkyl halides is 3. The summed E-state index contributed by atoms with van der Waals surface area (Å²) in [5, 5.41) is 14.0. The number of piperazine rings is 1. The molecule has 1 fully saturated rings. The molecule has 2 aromatic heterocycles. The molecule has 5 rings (SSSR count). The Hall–Kier alpha value is -4.33. The lowest BCUT2D eigenvalue weighted by Crippen LogP contribution is -2.56. The molecule has 14 heteroatoms. The van der Waals surface area contributed by atoms with E-state index in [1.165, 1.54) is 25.0 Å². The fourth-order valence-corrected chi connectivity index (χ4v) is 5.12. The quantitative estimate of drug-likeness (QED) is 0.320. The minimum atomic E-state index is -5.18. The summed E-state index contributed by atoms with van der Waals surface area (Å²) >= 11 is 0. The van der Waals surface area contributed by atoms with Gasteiger partial charge in [0.25, 0.3) is 0 Å². The molecule has 42 heavy (non-hydrogen) atoms. The summed E-state index contributed by atoms with van der Waals surface area (Å²) in [7, 11) is 3.01. The average Bonchev–Trinajstić information content (AvgIpc) is 3.29. The molecule has 1 saturated heterocycles. The Morgan fingerprint density at radius 1 is 1.14 bits per heavy atom. The molecule has 222 valence electrons. The van der Waals surface area contributed by atoms with Gasteiger partial charge in [-0.1, -0.05) is 30.3 Å². The third-order valence-corrected chi connectivity index (χ3v) is 7.23. The number of nitrogens with zero attached hydrogens (tertiary/aromatic N) is 6. The van der Waals surface area contributed by atoms with Gasteiger partial charge in [0.15, 0.2) is 23.0 Å². The van der Waals surface area contributed by atoms with Crippen LogP contribution in [0.25, 0.3) is 22.3 Å². The van der Waals surface area contributed by atoms with E-state index in [0.717, 1.165) is 5.56 Å². The number of anilines is 1. The number of aromatic hydroxyl groups is 1. The van der Waals surface area contributed by atoms with Gasteiger partial charge in [0.1, 0.15) is 5.69 Å². The fraction of sp³-hybridized carbons (Fsp3) is 0.357. The van der Waals surface area contributed by atoms with Crippen LogP contribution in [0.1, 0.15) is 17.5 Å². The van der Waals surface area contributed by atoms with Crippen molar-refractivity contribution in [3.63, 3.8) is 0 Å². The number of carbonyl (C=O) groups excluding carboxylic acids is 1. The minimum absolute atomic E-state index is 0.0370. The second-order valence-corrected chi connectivity index (χ2v) is 9.95. The predicted octanol–water partition coefficient (Wildman–Crippen LogP) is 4.33. The van der Waals surface area contributed by atoms with Gasteiger partial charge in [-0.2, -0.15) is 23.3 Å². The van der Waals surface area contributed by atoms with Gasteiger partial charge in [-0.25, -0.2) is 18.4 Å². The molecule has 0 spiro atoms. The average molecular weight is 591 g/mol. The molecule has 2 aromatic carbocycles. The lowest BCUT2D eigenvalue weighted by atomic mass is 10.0. The van der Waals surface area contributed by atoms with Crippen LogP contribution < -0.4 is 4.90 Å². The third-order valence-electron chi connectivity index (χ3n) is 7.23. The SMILES string of the molecule is COCCC(=O)N1CCN(c2ncc3c(-c4cc(C(F)(F)F)c(F)c(O)c4F)nn(C)c3n2)[C@H](Cc2ccccc2)C1. The van der Waals surface area contributed by atoms with E-state index < -0.39 is 34.7 Å². The fourth-order valence-electron chi connectivity index (χ4n) is 5.12. The number of fused-ring (bicyclic) bond motifs is 1. The van der Waals surface area contributed by atoms with Crippen molar-refractivity contribution in [1.29, 1.82) is 0 Å². The van der Waals surface area contributed by atoms with E-state index >= 15 is 0 Å². The summed E-state index contributed by atoms with van der Waals surface area (Å²) in [5.41, 5.74) is -1.63. The zero-order valence-corrected chi connectivity index (χ0v) is 22.7. The van der Waals surface area contributed by atoms with E-state index in [1.54, 1.807) is 4.90 Å². The number of rotatable bonds is 7. The molecule has 9 nitrogen and oxygen atoms in total. The topological polar surface area (TPSA) is 96.6 Å². The molecular formula is C28H27F5N6O3. The van der Waals surface area contributed by atoms with Crippen LogP contribution in [0.3, 0.4) is 0 Å². The second kappa shape index (κ2) is 11.5. The molecule has 0 unspecified atom stereocenters. The van der Waals surface area contributed by atoms with E-state index in [9.17, 15) is 31.9 Å². The minimum Gasteiger partial charge on any atom is -0.503 e. The first-order valence-corrected chi connectivity index (χ1v) is 13.0. The lowest BCUT2D eigenvalue weighted by Gasteiger charge is -2.41. The van der Waals surface area contributed by atoms with Gasteiger partial charge in [0.05, 0.1) is 30.0 Å². The van der Waals surface area contributed by atoms with E-state index in [2.05, 4.69) is 15.1 Å². The molecule has 1 atom stereocenters. The van der Waals surface area contributed by atoms with Crippen LogP contribution in [0.2, 0.25) is 0 Å². The van der Waals surface area contributed by atoms with Crippen LogP contribution in [0, 0.1) is 11.6 Å². The molecule has 0 radical (unpaired) electrons. The molecule has 3 heterocycles. The Labute approximate surface area is 237 Å². The molecule has 0 saturated carbocycles. The number of phenolic OH excluding ortho intramolecular Hbond substituents is 1. The zero-order chi connectivity index (χ0) is 30.2. The zero-order valence-electron chi connectivity index (χ0n) is 22.7. The molecule has 0 aliphatic carbocycles. The Kier molecular flexibility index (Phi) is 7.99. The van der Waals surface area contributed by atoms with Gasteiger partial charge >= 0.3 is 6.18 Å². The smallest absolute Gasteiger partial charge is 0.419 e. The van der Waals surface area contributed by atoms with Crippen molar-refractivity contribution in [2.45, 2.75) is 25.1 Å². The summed E-state index contributed by atoms with van der Waals surface area (Å²) in [4.78, 5) is 25.5. The molecule has 1 aliphatic rings. The van der Waals surface area contributed by atoms with Crippen molar-refractivity contribution in [1.82, 2.24) is 24.6 Å². The maximum atomic E-state index is 14.9. The second-order valence-electron chi connectivity index (χ2n) is 9.95. The van der Waals surface area contributed by atoms with Crippen LogP contribution >= 0.6 is 0 Å². The van der Waals surface area contributed by atoms with E-state index in [4.69, 9.17) is 4.74 Å². The van der Waals surface area contributed by atoms with Gasteiger partial charge in [-0.05, 0) is 18.1 Å². The number of methoxy groups -OCH3 is 1. The van der Waals surface area contributed by atoms with Crippen LogP contribution in [0.15, 0.2) is 42.6 Å². The van der Waals surface area contributed by atoms with Crippen molar-refractivity contribution >= 4 is 22.9 Å². The summed E-state index contributed by atoms with van der Waals surface area (Å²) in [6.07, 6.45) is -3.05. The highest BCUT2D eigenvalue weighted by molar-refractivity contribution is 5.91. The number of hydrogen-bond acceptors (Lipinski definition) is 7. The Balaban J connectivity index is 1.52. The molecule has 1 aliphatic heterocycles. The molecule has 4 aromatic rings. The van der Waals surface area contributed by atoms with Gasteiger partial charge in [0, 0.05) is 45.6 Å². The highest BCUT2D eigenvalue weighted by Gasteiger charge is 2.38. The number of benzene rings is 2. The van der Waals surface area contributed by atoms with Crippen molar-refractivity contribution in [3.05, 3.63) is 65.4 Å². The summed E-state index contributed by atoms with van der Waals surface area (Å²) < 4.78 is 75.4. The monoisotopic (exact) mass is 590 g/mol. The first-order chi connectivity index (χ1) is 20.0. The number of carbonyl (C=O) groups is 1. The van der Waals surface area contributed by atoms with Crippen LogP contribution in [-0.2, 0) is 29.2 Å². The van der Waals surface area contributed by atoms with Crippen molar-refractivity contribution in [3.8, 4) is 17.0 Å². The van der Waals surface area contributed by atoms with Gasteiger partial charge in [-0.3, -0.25) is 4.79 Å². The predicted molar refractivity (Wildman–Crippen MR) is 143 cm³/mol. The lowest BCUT2D eigenvalue weighted by molar-refractivity contribution is -0.140. The maximum absolute atomic E-state index is 14.9. The van der Waals surface area contributed by atoms with Gasteiger partial charge in [-0.15, -0.1) is 0 Å². The summed E-state index contributed by atoms with van der Waals surface area (Å²) in [6, 6.07) is 9.75. The molecule has 1 amide bonds. The van der Waals surface area contributed by atoms with Crippen molar-refractivity contribution in [2.75, 3.05) is 38.3 Å². The van der Waals surface area contributed by atoms with E-state index in [1.807, 2.05) is 35.2 Å². The number of aryl methyl sites for hydroxylation is 1. The standard InChI is InChI=1S/C28H27F5N6O3/c1-37-26-19(24(36-37)18-13-20(28(31,32)33)23(30)25(41)22(18)29)14-34-27(35-26)39-10-9-38(21(40)8-11-42-2)15-17(39)12-16-6-4-3-5-7-16/h3-7,13-14,17,41H,8-12,15H2,1-2H3/t17-/m1/s1. The van der Waals surface area contributed by atoms with Gasteiger partial charge < -0.3 is 19.6 Å². The normalized spacial score (nSPS) is 15.9. The number of halogens is 5. The maximum Gasteiger partial charge on any atom is 0.419 e. The van der Waals surface area contributed by atoms with E-state index in [0.29, 0.717) is 38.6 Å². The molecular weight excluding hydrogens is 563 g/mol. The van der Waals surface area contributed by atoms with Crippen LogP contribution in [0.5, 0.6) is 5.75 Å². The van der Waals surface area contributed by atoms with E-state index in [-0.39, 0.29) is 41.2 Å². The van der Waals surface area contributed by atoms with Gasteiger partial charge in [0.2, 0.25) is 11.9 Å². The first-order valence-electron chi connectivity index (χ1n) is 13.0. The Morgan fingerprint density at radius 2 is 1.88 bits per heavy atom. The highest BCUT2D eigenvalue weighted by atomic mass is 19.4. The number of phenols is 1. The Morgan fingerprint density at radius 3 is 2.57 bits per heavy atom. The number of aromatic nitrogens is 4. The molecule has 0 bridgehead atoms. The first kappa shape index (κ1) is 29.2. The number of amides is 1. The third kappa shape index (κ3) is 5.58. The van der Waals surface area contributed by atoms with Crippen LogP contribution in [-0.4, -0.2) is 75.1 Å². The molecule has 1 N–H and O–H groups in total. The highest BCUT2D eigenvalue weighted by Crippen LogP contribution is 2.41. The van der Waals surface area contributed by atoms with Crippen molar-refractivity contribution in [2.24, 2.45) is 7.05 Å². The summed E-state index contributed by atoms with van der Waals surface area (Å²) in [5.74, 6) is -5.18. The number of hydrogen-bond donors (Lipinski definition) is 1. The largest absolute Gasteiger partial charge is 0.503 e. The summed E-state index contributed by atoms with van der Waals surface area (Å²) in [6.45, 7) is 1.52. The van der Waals surface area contributed by atoms with Crippen LogP contribution in [0.4, 0.5) is 27.9 Å². The number of ether oxygens (including phenoxy) is 1. The Bertz CT molecular complexity index is 1610. The van der Waals surface area contributed by atoms with Crippen molar-refractivity contribution < 1.29 is 36.6 Å².